The van der Waals surface area contributed by atoms with Crippen LogP contribution in [0.4, 0.5) is 0 Å². The zero-order valence-electron chi connectivity index (χ0n) is 5.35. The second-order valence-electron chi connectivity index (χ2n) is 1.90. The van der Waals surface area contributed by atoms with Crippen LogP contribution in [0.2, 0.25) is 0 Å². The third-order valence-corrected chi connectivity index (χ3v) is 1.73. The number of hydrogen-bond donors (Lipinski definition) is 1. The Morgan fingerprint density at radius 2 is 2.25 bits per heavy atom. The summed E-state index contributed by atoms with van der Waals surface area (Å²) < 4.78 is 0. The van der Waals surface area contributed by atoms with Crippen LogP contribution in [-0.4, -0.2) is 11.5 Å². The van der Waals surface area contributed by atoms with E-state index in [2.05, 4.69) is 12.6 Å². The van der Waals surface area contributed by atoms with Gasteiger partial charge >= 0.3 is 0 Å². The average Bonchev–Trinajstić information content (AvgIpc) is 1.69. The van der Waals surface area contributed by atoms with E-state index in [1.165, 1.54) is 0 Å². The number of Topliss-reactive ketones (excluding diaryl/α,β-unsaturated/α-hetero) is 1. The zero-order valence-corrected chi connectivity index (χ0v) is 6.24. The van der Waals surface area contributed by atoms with Crippen molar-refractivity contribution in [3.05, 3.63) is 0 Å². The Morgan fingerprint density at radius 3 is 2.25 bits per heavy atom. The second kappa shape index (κ2) is 3.96. The topological polar surface area (TPSA) is 17.1 Å². The predicted molar refractivity (Wildman–Crippen MR) is 38.3 cm³/mol. The molecule has 1 unspecified atom stereocenters. The van der Waals surface area contributed by atoms with Gasteiger partial charge in [-0.25, -0.2) is 0 Å². The summed E-state index contributed by atoms with van der Waals surface area (Å²) in [5, 5.41) is 0. The van der Waals surface area contributed by atoms with Gasteiger partial charge in [0.25, 0.3) is 0 Å². The third-order valence-electron chi connectivity index (χ3n) is 1.29. The molecule has 0 heterocycles. The normalized spacial score (nSPS) is 13.4. The van der Waals surface area contributed by atoms with Crippen molar-refractivity contribution in [1.82, 2.24) is 0 Å². The van der Waals surface area contributed by atoms with Gasteiger partial charge in [0.15, 0.2) is 0 Å². The number of carbonyl (C=O) groups is 1. The lowest BCUT2D eigenvalue weighted by Crippen LogP contribution is -2.10. The van der Waals surface area contributed by atoms with Crippen molar-refractivity contribution in [1.29, 1.82) is 0 Å². The first kappa shape index (κ1) is 8.02. The largest absolute Gasteiger partial charge is 0.300 e. The zero-order chi connectivity index (χ0) is 6.57. The van der Waals surface area contributed by atoms with Crippen molar-refractivity contribution in [2.75, 3.05) is 5.75 Å². The molecule has 0 bridgehead atoms. The SMILES string of the molecule is CCC(CS)C(C)=O. The highest BCUT2D eigenvalue weighted by Gasteiger charge is 2.07. The van der Waals surface area contributed by atoms with Crippen molar-refractivity contribution in [3.8, 4) is 0 Å². The van der Waals surface area contributed by atoms with E-state index in [4.69, 9.17) is 0 Å². The number of hydrogen-bond acceptors (Lipinski definition) is 2. The Kier molecular flexibility index (Phi) is 3.97. The number of rotatable bonds is 3. The van der Waals surface area contributed by atoms with E-state index in [1.54, 1.807) is 6.92 Å². The van der Waals surface area contributed by atoms with Crippen LogP contribution >= 0.6 is 12.6 Å². The van der Waals surface area contributed by atoms with Crippen LogP contribution in [0.25, 0.3) is 0 Å². The quantitative estimate of drug-likeness (QED) is 0.576. The van der Waals surface area contributed by atoms with Gasteiger partial charge in [-0.2, -0.15) is 12.6 Å². The Morgan fingerprint density at radius 1 is 1.75 bits per heavy atom. The molecule has 0 aromatic heterocycles. The Bertz CT molecular complexity index is 76.6. The van der Waals surface area contributed by atoms with Gasteiger partial charge in [0.1, 0.15) is 5.78 Å². The molecule has 0 aliphatic rings. The van der Waals surface area contributed by atoms with Crippen LogP contribution in [0, 0.1) is 5.92 Å². The lowest BCUT2D eigenvalue weighted by Gasteiger charge is -2.03. The van der Waals surface area contributed by atoms with Crippen LogP contribution in [0.1, 0.15) is 20.3 Å². The van der Waals surface area contributed by atoms with Gasteiger partial charge < -0.3 is 0 Å². The molecule has 0 aliphatic heterocycles. The molecule has 0 amide bonds. The highest BCUT2D eigenvalue weighted by Crippen LogP contribution is 2.04. The number of ketones is 1. The number of carbonyl (C=O) groups excluding carboxylic acids is 1. The molecule has 0 N–H and O–H groups in total. The molecule has 0 aromatic carbocycles. The monoisotopic (exact) mass is 132 g/mol. The maximum Gasteiger partial charge on any atom is 0.133 e. The molecule has 0 spiro atoms. The van der Waals surface area contributed by atoms with E-state index in [0.29, 0.717) is 5.75 Å². The summed E-state index contributed by atoms with van der Waals surface area (Å²) in [6, 6.07) is 0. The fraction of sp³-hybridized carbons (Fsp3) is 0.833. The van der Waals surface area contributed by atoms with Crippen molar-refractivity contribution in [2.24, 2.45) is 5.92 Å². The summed E-state index contributed by atoms with van der Waals surface area (Å²) in [6.45, 7) is 3.62. The molecule has 2 heteroatoms. The van der Waals surface area contributed by atoms with E-state index in [-0.39, 0.29) is 11.7 Å². The highest BCUT2D eigenvalue weighted by atomic mass is 32.1. The Hall–Kier alpha value is 0.0200. The van der Waals surface area contributed by atoms with Crippen LogP contribution in [0.15, 0.2) is 0 Å². The molecular weight excluding hydrogens is 120 g/mol. The average molecular weight is 132 g/mol. The Labute approximate surface area is 55.9 Å². The summed E-state index contributed by atoms with van der Waals surface area (Å²) in [5.41, 5.74) is 0. The van der Waals surface area contributed by atoms with Crippen LogP contribution < -0.4 is 0 Å². The first-order valence-corrected chi connectivity index (χ1v) is 3.47. The standard InChI is InChI=1S/C6H12OS/c1-3-6(4-8)5(2)7/h6,8H,3-4H2,1-2H3. The van der Waals surface area contributed by atoms with E-state index < -0.39 is 0 Å². The first-order valence-electron chi connectivity index (χ1n) is 2.83. The summed E-state index contributed by atoms with van der Waals surface area (Å²) in [4.78, 5) is 10.6. The molecule has 0 rings (SSSR count). The van der Waals surface area contributed by atoms with E-state index in [0.717, 1.165) is 6.42 Å². The third kappa shape index (κ3) is 2.36. The maximum absolute atomic E-state index is 10.6. The molecular formula is C6H12OS. The van der Waals surface area contributed by atoms with Crippen molar-refractivity contribution < 1.29 is 4.79 Å². The van der Waals surface area contributed by atoms with Gasteiger partial charge in [-0.15, -0.1) is 0 Å². The number of thiol groups is 1. The van der Waals surface area contributed by atoms with Crippen molar-refractivity contribution in [3.63, 3.8) is 0 Å². The van der Waals surface area contributed by atoms with Gasteiger partial charge in [-0.3, -0.25) is 4.79 Å². The van der Waals surface area contributed by atoms with Crippen LogP contribution in [0.3, 0.4) is 0 Å². The lowest BCUT2D eigenvalue weighted by atomic mass is 10.1. The minimum absolute atomic E-state index is 0.179. The maximum atomic E-state index is 10.6. The highest BCUT2D eigenvalue weighted by molar-refractivity contribution is 7.80. The minimum Gasteiger partial charge on any atom is -0.300 e. The van der Waals surface area contributed by atoms with Gasteiger partial charge in [-0.05, 0) is 19.1 Å². The first-order chi connectivity index (χ1) is 3.72. The molecule has 1 nitrogen and oxygen atoms in total. The fourth-order valence-electron chi connectivity index (χ4n) is 0.545. The summed E-state index contributed by atoms with van der Waals surface area (Å²) >= 11 is 4.01. The van der Waals surface area contributed by atoms with Crippen molar-refractivity contribution >= 4 is 18.4 Å². The van der Waals surface area contributed by atoms with E-state index in [1.807, 2.05) is 6.92 Å². The van der Waals surface area contributed by atoms with Gasteiger partial charge in [0, 0.05) is 5.92 Å². The molecule has 0 fully saturated rings. The van der Waals surface area contributed by atoms with Gasteiger partial charge in [0.05, 0.1) is 0 Å². The summed E-state index contributed by atoms with van der Waals surface area (Å²) in [6.07, 6.45) is 0.916. The minimum atomic E-state index is 0.179. The van der Waals surface area contributed by atoms with Crippen LogP contribution in [0.5, 0.6) is 0 Å². The molecule has 0 aromatic rings. The molecule has 0 radical (unpaired) electrons. The van der Waals surface area contributed by atoms with Crippen molar-refractivity contribution in [2.45, 2.75) is 20.3 Å². The fourth-order valence-corrected chi connectivity index (χ4v) is 1.06. The molecule has 8 heavy (non-hydrogen) atoms. The predicted octanol–water partition coefficient (Wildman–Crippen LogP) is 1.53. The molecule has 0 saturated heterocycles. The van der Waals surface area contributed by atoms with E-state index in [9.17, 15) is 4.79 Å². The van der Waals surface area contributed by atoms with Gasteiger partial charge in [-0.1, -0.05) is 6.92 Å². The van der Waals surface area contributed by atoms with Crippen LogP contribution in [-0.2, 0) is 4.79 Å². The molecule has 0 aliphatic carbocycles. The Balaban J connectivity index is 3.52. The van der Waals surface area contributed by atoms with Gasteiger partial charge in [0.2, 0.25) is 0 Å². The lowest BCUT2D eigenvalue weighted by molar-refractivity contribution is -0.120. The smallest absolute Gasteiger partial charge is 0.133 e. The summed E-state index contributed by atoms with van der Waals surface area (Å²) in [7, 11) is 0. The summed E-state index contributed by atoms with van der Waals surface area (Å²) in [5.74, 6) is 1.12. The second-order valence-corrected chi connectivity index (χ2v) is 2.26. The molecule has 1 atom stereocenters. The molecule has 0 saturated carbocycles. The van der Waals surface area contributed by atoms with E-state index >= 15 is 0 Å². The molecule has 48 valence electrons.